The predicted octanol–water partition coefficient (Wildman–Crippen LogP) is 17.7. The number of carbonyl (C=O) groups excluding carboxylic acids is 3. The van der Waals surface area contributed by atoms with Gasteiger partial charge in [0, 0.05) is 19.3 Å². The van der Waals surface area contributed by atoms with Crippen molar-refractivity contribution >= 4 is 17.9 Å². The summed E-state index contributed by atoms with van der Waals surface area (Å²) in [7, 11) is 0. The molecule has 6 heteroatoms. The summed E-state index contributed by atoms with van der Waals surface area (Å²) in [6.07, 6.45) is 73.3. The molecule has 0 aromatic rings. The van der Waals surface area contributed by atoms with E-state index in [1.165, 1.54) is 32.1 Å². The third kappa shape index (κ3) is 50.8. The molecule has 0 rings (SSSR count). The lowest BCUT2D eigenvalue weighted by Gasteiger charge is -2.18. The van der Waals surface area contributed by atoms with Gasteiger partial charge < -0.3 is 14.2 Å². The van der Waals surface area contributed by atoms with E-state index in [2.05, 4.69) is 142 Å². The van der Waals surface area contributed by atoms with Crippen LogP contribution in [-0.4, -0.2) is 37.2 Å². The Morgan fingerprint density at radius 1 is 0.318 bits per heavy atom. The highest BCUT2D eigenvalue weighted by Crippen LogP contribution is 2.13. The van der Waals surface area contributed by atoms with Gasteiger partial charge in [-0.1, -0.05) is 194 Å². The van der Waals surface area contributed by atoms with Crippen molar-refractivity contribution in [3.63, 3.8) is 0 Å². The molecular weight excluding hydrogens is 817 g/mol. The van der Waals surface area contributed by atoms with Crippen LogP contribution in [0.1, 0.15) is 220 Å². The minimum absolute atomic E-state index is 0.107. The van der Waals surface area contributed by atoms with Gasteiger partial charge >= 0.3 is 17.9 Å². The average molecular weight is 913 g/mol. The van der Waals surface area contributed by atoms with E-state index < -0.39 is 6.10 Å². The molecule has 0 aliphatic rings. The summed E-state index contributed by atoms with van der Waals surface area (Å²) in [5.74, 6) is -0.985. The molecule has 0 aromatic carbocycles. The summed E-state index contributed by atoms with van der Waals surface area (Å²) < 4.78 is 16.7. The van der Waals surface area contributed by atoms with Crippen molar-refractivity contribution in [1.29, 1.82) is 0 Å². The van der Waals surface area contributed by atoms with Gasteiger partial charge in [-0.25, -0.2) is 0 Å². The standard InChI is InChI=1S/C60H96O6/c1-4-7-10-13-16-19-22-25-27-28-29-30-31-32-34-35-38-41-44-47-50-53-59(62)65-56-57(55-64-58(61)52-49-46-43-40-37-24-21-18-15-12-9-6-3)66-60(63)54-51-48-45-42-39-36-33-26-23-20-17-14-11-8-5-2/h7-8,10-11,16-21,25-27,29-30,32-34,38,41,57H,4-6,9,12-15,22-24,28,31,35-37,39-40,42-56H2,1-3H3/b10-7-,11-8-,19-16-,20-17-,21-18-,27-25-,30-29-,33-26-,34-32-,41-38-. The lowest BCUT2D eigenvalue weighted by molar-refractivity contribution is -0.167. The Labute approximate surface area is 405 Å². The van der Waals surface area contributed by atoms with E-state index in [-0.39, 0.29) is 31.1 Å². The Hall–Kier alpha value is -4.19. The fourth-order valence-corrected chi connectivity index (χ4v) is 6.75. The number of carbonyl (C=O) groups is 3. The van der Waals surface area contributed by atoms with Crippen LogP contribution < -0.4 is 0 Å². The molecule has 0 aromatic heterocycles. The first-order valence-electron chi connectivity index (χ1n) is 26.5. The first-order valence-corrected chi connectivity index (χ1v) is 26.5. The molecule has 0 saturated carbocycles. The Kier molecular flexibility index (Phi) is 50.0. The second-order valence-corrected chi connectivity index (χ2v) is 17.0. The zero-order chi connectivity index (χ0) is 47.9. The molecule has 0 aliphatic heterocycles. The minimum atomic E-state index is -0.811. The number of ether oxygens (including phenoxy) is 3. The normalized spacial score (nSPS) is 13.1. The smallest absolute Gasteiger partial charge is 0.306 e. The Bertz CT molecular complexity index is 1420. The van der Waals surface area contributed by atoms with Gasteiger partial charge in [0.25, 0.3) is 0 Å². The van der Waals surface area contributed by atoms with Crippen LogP contribution in [0, 0.1) is 0 Å². The fourth-order valence-electron chi connectivity index (χ4n) is 6.75. The van der Waals surface area contributed by atoms with E-state index in [0.717, 1.165) is 141 Å². The highest BCUT2D eigenvalue weighted by molar-refractivity contribution is 5.71. The van der Waals surface area contributed by atoms with Crippen molar-refractivity contribution < 1.29 is 28.6 Å². The van der Waals surface area contributed by atoms with Gasteiger partial charge in [-0.3, -0.25) is 14.4 Å². The summed E-state index contributed by atoms with van der Waals surface area (Å²) in [4.78, 5) is 38.0. The van der Waals surface area contributed by atoms with Gasteiger partial charge in [0.05, 0.1) is 0 Å². The minimum Gasteiger partial charge on any atom is -0.462 e. The van der Waals surface area contributed by atoms with Gasteiger partial charge in [0.2, 0.25) is 0 Å². The molecule has 0 spiro atoms. The molecule has 1 unspecified atom stereocenters. The third-order valence-electron chi connectivity index (χ3n) is 10.7. The number of hydrogen-bond acceptors (Lipinski definition) is 6. The first-order chi connectivity index (χ1) is 32.5. The monoisotopic (exact) mass is 913 g/mol. The van der Waals surface area contributed by atoms with Crippen LogP contribution >= 0.6 is 0 Å². The fraction of sp³-hybridized carbons (Fsp3) is 0.617. The average Bonchev–Trinajstić information content (AvgIpc) is 3.31. The number of rotatable bonds is 46. The molecule has 0 heterocycles. The van der Waals surface area contributed by atoms with Crippen molar-refractivity contribution in [2.75, 3.05) is 13.2 Å². The SMILES string of the molecule is CC/C=C\C/C=C\C/C=C\C/C=C\C/C=C\C/C=C\CCCCC(=O)OCC(COC(=O)CCCCCCC/C=C\CCCCC)OC(=O)CCCCCCC/C=C\C/C=C\C/C=C\CC. The van der Waals surface area contributed by atoms with Crippen LogP contribution in [0.15, 0.2) is 122 Å². The van der Waals surface area contributed by atoms with E-state index in [4.69, 9.17) is 14.2 Å². The molecule has 6 nitrogen and oxygen atoms in total. The highest BCUT2D eigenvalue weighted by Gasteiger charge is 2.19. The third-order valence-corrected chi connectivity index (χ3v) is 10.7. The first kappa shape index (κ1) is 61.8. The molecule has 0 saturated heterocycles. The maximum atomic E-state index is 12.8. The summed E-state index contributed by atoms with van der Waals surface area (Å²) >= 11 is 0. The lowest BCUT2D eigenvalue weighted by Crippen LogP contribution is -2.30. The maximum Gasteiger partial charge on any atom is 0.306 e. The molecule has 0 radical (unpaired) electrons. The van der Waals surface area contributed by atoms with Crippen LogP contribution in [-0.2, 0) is 28.6 Å². The van der Waals surface area contributed by atoms with Crippen molar-refractivity contribution in [2.24, 2.45) is 0 Å². The quantitative estimate of drug-likeness (QED) is 0.0262. The molecule has 0 amide bonds. The second kappa shape index (κ2) is 53.4. The van der Waals surface area contributed by atoms with Gasteiger partial charge in [-0.05, 0) is 128 Å². The molecule has 372 valence electrons. The van der Waals surface area contributed by atoms with Gasteiger partial charge in [0.1, 0.15) is 13.2 Å². The number of allylic oxidation sites excluding steroid dienone is 20. The van der Waals surface area contributed by atoms with Crippen molar-refractivity contribution in [3.8, 4) is 0 Å². The van der Waals surface area contributed by atoms with E-state index in [0.29, 0.717) is 25.7 Å². The maximum absolute atomic E-state index is 12.8. The number of unbranched alkanes of at least 4 members (excludes halogenated alkanes) is 15. The van der Waals surface area contributed by atoms with Crippen LogP contribution in [0.2, 0.25) is 0 Å². The largest absolute Gasteiger partial charge is 0.462 e. The Morgan fingerprint density at radius 2 is 0.591 bits per heavy atom. The molecule has 1 atom stereocenters. The van der Waals surface area contributed by atoms with Crippen LogP contribution in [0.3, 0.4) is 0 Å². The molecule has 66 heavy (non-hydrogen) atoms. The van der Waals surface area contributed by atoms with Gasteiger partial charge in [-0.15, -0.1) is 0 Å². The lowest BCUT2D eigenvalue weighted by atomic mass is 10.1. The second-order valence-electron chi connectivity index (χ2n) is 17.0. The van der Waals surface area contributed by atoms with Crippen molar-refractivity contribution in [1.82, 2.24) is 0 Å². The van der Waals surface area contributed by atoms with Crippen LogP contribution in [0.5, 0.6) is 0 Å². The zero-order valence-corrected chi connectivity index (χ0v) is 42.4. The molecule has 0 bridgehead atoms. The van der Waals surface area contributed by atoms with Crippen LogP contribution in [0.25, 0.3) is 0 Å². The summed E-state index contributed by atoms with van der Waals surface area (Å²) in [5.41, 5.74) is 0. The van der Waals surface area contributed by atoms with E-state index in [1.54, 1.807) is 0 Å². The summed E-state index contributed by atoms with van der Waals surface area (Å²) in [6, 6.07) is 0. The van der Waals surface area contributed by atoms with Gasteiger partial charge in [0.15, 0.2) is 6.10 Å². The van der Waals surface area contributed by atoms with E-state index in [1.807, 2.05) is 0 Å². The molecule has 0 fully saturated rings. The Balaban J connectivity index is 4.50. The Morgan fingerprint density at radius 3 is 0.970 bits per heavy atom. The molecule has 0 aliphatic carbocycles. The zero-order valence-electron chi connectivity index (χ0n) is 42.4. The highest BCUT2D eigenvalue weighted by atomic mass is 16.6. The number of esters is 3. The van der Waals surface area contributed by atoms with Crippen LogP contribution in [0.4, 0.5) is 0 Å². The van der Waals surface area contributed by atoms with Crippen molar-refractivity contribution in [3.05, 3.63) is 122 Å². The topological polar surface area (TPSA) is 78.9 Å². The summed E-state index contributed by atoms with van der Waals surface area (Å²) in [6.45, 7) is 6.31. The van der Waals surface area contributed by atoms with E-state index in [9.17, 15) is 14.4 Å². The predicted molar refractivity (Wildman–Crippen MR) is 283 cm³/mol. The van der Waals surface area contributed by atoms with Gasteiger partial charge in [-0.2, -0.15) is 0 Å². The molecular formula is C60H96O6. The number of hydrogen-bond donors (Lipinski definition) is 0. The summed E-state index contributed by atoms with van der Waals surface area (Å²) in [5, 5.41) is 0. The van der Waals surface area contributed by atoms with E-state index >= 15 is 0 Å². The molecule has 0 N–H and O–H groups in total. The van der Waals surface area contributed by atoms with Crippen molar-refractivity contribution in [2.45, 2.75) is 226 Å².